The summed E-state index contributed by atoms with van der Waals surface area (Å²) < 4.78 is 20.0. The van der Waals surface area contributed by atoms with Gasteiger partial charge in [-0.15, -0.1) is 0 Å². The van der Waals surface area contributed by atoms with Crippen molar-refractivity contribution in [2.45, 2.75) is 12.6 Å². The average molecular weight is 533 g/mol. The van der Waals surface area contributed by atoms with Gasteiger partial charge in [-0.25, -0.2) is 4.39 Å². The summed E-state index contributed by atoms with van der Waals surface area (Å²) in [4.78, 5) is 28.5. The molecule has 0 fully saturated rings. The molecule has 4 aromatic rings. The highest BCUT2D eigenvalue weighted by molar-refractivity contribution is 9.10. The minimum absolute atomic E-state index is 0.0111. The molecule has 1 aliphatic heterocycles. The molecule has 0 saturated heterocycles. The van der Waals surface area contributed by atoms with Gasteiger partial charge < -0.3 is 9.32 Å². The summed E-state index contributed by atoms with van der Waals surface area (Å²) in [6.45, 7) is 0.147. The number of carbonyl (C=O) groups excluding carboxylic acids is 1. The van der Waals surface area contributed by atoms with Gasteiger partial charge in [0.05, 0.1) is 27.0 Å². The molecule has 1 aromatic heterocycles. The first-order valence-electron chi connectivity index (χ1n) is 9.60. The molecule has 0 radical (unpaired) electrons. The second-order valence-electron chi connectivity index (χ2n) is 7.45. The molecular weight excluding hydrogens is 520 g/mol. The maximum atomic E-state index is 13.5. The van der Waals surface area contributed by atoms with Crippen LogP contribution in [0.15, 0.2) is 74.3 Å². The van der Waals surface area contributed by atoms with Gasteiger partial charge in [-0.3, -0.25) is 9.59 Å². The molecule has 2 heterocycles. The van der Waals surface area contributed by atoms with Crippen molar-refractivity contribution in [3.63, 3.8) is 0 Å². The largest absolute Gasteiger partial charge is 0.450 e. The lowest BCUT2D eigenvalue weighted by Gasteiger charge is -2.25. The monoisotopic (exact) mass is 531 g/mol. The normalized spacial score (nSPS) is 15.4. The number of amides is 1. The number of halogens is 4. The van der Waals surface area contributed by atoms with Gasteiger partial charge in [0.2, 0.25) is 5.76 Å². The quantitative estimate of drug-likeness (QED) is 0.293. The molecule has 5 rings (SSSR count). The zero-order valence-electron chi connectivity index (χ0n) is 16.2. The van der Waals surface area contributed by atoms with Crippen LogP contribution in [0.2, 0.25) is 10.0 Å². The van der Waals surface area contributed by atoms with E-state index in [4.69, 9.17) is 27.6 Å². The Bertz CT molecular complexity index is 1450. The van der Waals surface area contributed by atoms with Crippen molar-refractivity contribution in [3.8, 4) is 0 Å². The molecule has 1 atom stereocenters. The lowest BCUT2D eigenvalue weighted by molar-refractivity contribution is 0.0714. The lowest BCUT2D eigenvalue weighted by atomic mass is 9.98. The molecule has 0 N–H and O–H groups in total. The Morgan fingerprint density at radius 2 is 1.72 bits per heavy atom. The number of benzene rings is 3. The van der Waals surface area contributed by atoms with Crippen molar-refractivity contribution in [2.75, 3.05) is 0 Å². The maximum absolute atomic E-state index is 13.5. The predicted molar refractivity (Wildman–Crippen MR) is 125 cm³/mol. The smallest absolute Gasteiger partial charge is 0.291 e. The summed E-state index contributed by atoms with van der Waals surface area (Å²) in [7, 11) is 0. The second kappa shape index (κ2) is 8.03. The van der Waals surface area contributed by atoms with Crippen LogP contribution in [0.5, 0.6) is 0 Å². The maximum Gasteiger partial charge on any atom is 0.291 e. The summed E-state index contributed by atoms with van der Waals surface area (Å²) in [6.07, 6.45) is 0. The number of rotatable bonds is 3. The fourth-order valence-electron chi connectivity index (χ4n) is 3.97. The van der Waals surface area contributed by atoms with E-state index in [1.165, 1.54) is 17.0 Å². The van der Waals surface area contributed by atoms with E-state index in [-0.39, 0.29) is 29.1 Å². The third-order valence-electron chi connectivity index (χ3n) is 5.45. The first-order valence-corrected chi connectivity index (χ1v) is 11.1. The van der Waals surface area contributed by atoms with E-state index < -0.39 is 11.9 Å². The topological polar surface area (TPSA) is 50.5 Å². The summed E-state index contributed by atoms with van der Waals surface area (Å²) in [6, 6.07) is 15.1. The highest BCUT2D eigenvalue weighted by atomic mass is 79.9. The van der Waals surface area contributed by atoms with E-state index in [2.05, 4.69) is 15.9 Å². The van der Waals surface area contributed by atoms with E-state index in [9.17, 15) is 14.0 Å². The first kappa shape index (κ1) is 21.2. The van der Waals surface area contributed by atoms with E-state index in [0.717, 1.165) is 4.47 Å². The number of fused-ring (bicyclic) bond motifs is 2. The van der Waals surface area contributed by atoms with Crippen LogP contribution < -0.4 is 5.43 Å². The zero-order chi connectivity index (χ0) is 22.6. The number of hydrogen-bond donors (Lipinski definition) is 0. The van der Waals surface area contributed by atoms with Gasteiger partial charge in [0.1, 0.15) is 11.4 Å². The Morgan fingerprint density at radius 3 is 2.44 bits per heavy atom. The van der Waals surface area contributed by atoms with Crippen molar-refractivity contribution in [1.29, 1.82) is 0 Å². The van der Waals surface area contributed by atoms with Gasteiger partial charge >= 0.3 is 0 Å². The Kier molecular flexibility index (Phi) is 5.32. The number of nitrogens with zero attached hydrogens (tertiary/aromatic N) is 1. The molecule has 0 aliphatic carbocycles. The van der Waals surface area contributed by atoms with Gasteiger partial charge in [-0.2, -0.15) is 0 Å². The molecule has 1 amide bonds. The minimum atomic E-state index is -0.739. The molecule has 0 spiro atoms. The molecule has 4 nitrogen and oxygen atoms in total. The van der Waals surface area contributed by atoms with E-state index in [1.54, 1.807) is 48.5 Å². The summed E-state index contributed by atoms with van der Waals surface area (Å²) in [5, 5.41) is 1.03. The van der Waals surface area contributed by atoms with Crippen LogP contribution in [0.1, 0.15) is 33.3 Å². The van der Waals surface area contributed by atoms with Gasteiger partial charge in [0.15, 0.2) is 5.43 Å². The van der Waals surface area contributed by atoms with Crippen LogP contribution in [-0.2, 0) is 6.54 Å². The third-order valence-corrected chi connectivity index (χ3v) is 6.69. The van der Waals surface area contributed by atoms with Gasteiger partial charge in [0.25, 0.3) is 5.91 Å². The second-order valence-corrected chi connectivity index (χ2v) is 9.18. The van der Waals surface area contributed by atoms with Crippen molar-refractivity contribution < 1.29 is 13.6 Å². The fourth-order valence-corrected chi connectivity index (χ4v) is 4.64. The first-order chi connectivity index (χ1) is 15.3. The fraction of sp³-hybridized carbons (Fsp3) is 0.0833. The van der Waals surface area contributed by atoms with Gasteiger partial charge in [-0.05, 0) is 53.6 Å². The summed E-state index contributed by atoms with van der Waals surface area (Å²) >= 11 is 15.7. The Balaban J connectivity index is 1.73. The molecule has 8 heteroatoms. The standard InChI is InChI=1S/C24H13BrCl2FNO3/c25-14-4-8-19-16(10-14)22(30)20-21(13-3-7-17(26)18(27)9-13)29(24(31)23(20)32-19)11-12-1-5-15(28)6-2-12/h1-10,21H,11H2. The van der Waals surface area contributed by atoms with Crippen molar-refractivity contribution in [1.82, 2.24) is 4.90 Å². The van der Waals surface area contributed by atoms with E-state index in [1.807, 2.05) is 0 Å². The van der Waals surface area contributed by atoms with Crippen LogP contribution in [0.25, 0.3) is 11.0 Å². The molecule has 0 bridgehead atoms. The van der Waals surface area contributed by atoms with Gasteiger partial charge in [0, 0.05) is 11.0 Å². The van der Waals surface area contributed by atoms with Crippen LogP contribution >= 0.6 is 39.1 Å². The van der Waals surface area contributed by atoms with Crippen LogP contribution in [0, 0.1) is 5.82 Å². The van der Waals surface area contributed by atoms with E-state index >= 15 is 0 Å². The number of carbonyl (C=O) groups is 1. The average Bonchev–Trinajstić information content (AvgIpc) is 3.04. The van der Waals surface area contributed by atoms with Crippen molar-refractivity contribution >= 4 is 56.0 Å². The van der Waals surface area contributed by atoms with Gasteiger partial charge in [-0.1, -0.05) is 57.3 Å². The predicted octanol–water partition coefficient (Wildman–Crippen LogP) is 6.75. The molecule has 3 aromatic carbocycles. The minimum Gasteiger partial charge on any atom is -0.450 e. The molecule has 0 saturated carbocycles. The lowest BCUT2D eigenvalue weighted by Crippen LogP contribution is -2.29. The Hall–Kier alpha value is -2.67. The van der Waals surface area contributed by atoms with Crippen LogP contribution in [-0.4, -0.2) is 10.8 Å². The number of hydrogen-bond acceptors (Lipinski definition) is 3. The molecule has 1 aliphatic rings. The Morgan fingerprint density at radius 1 is 0.969 bits per heavy atom. The highest BCUT2D eigenvalue weighted by Crippen LogP contribution is 2.40. The SMILES string of the molecule is O=C1c2oc3ccc(Br)cc3c(=O)c2C(c2ccc(Cl)c(Cl)c2)N1Cc1ccc(F)cc1. The van der Waals surface area contributed by atoms with Crippen LogP contribution in [0.4, 0.5) is 4.39 Å². The highest BCUT2D eigenvalue weighted by Gasteiger charge is 2.42. The van der Waals surface area contributed by atoms with Crippen molar-refractivity contribution in [2.24, 2.45) is 0 Å². The van der Waals surface area contributed by atoms with Crippen LogP contribution in [0.3, 0.4) is 0 Å². The molecule has 160 valence electrons. The Labute approximate surface area is 200 Å². The summed E-state index contributed by atoms with van der Waals surface area (Å²) in [5.41, 5.74) is 1.59. The molecular formula is C24H13BrCl2FNO3. The zero-order valence-corrected chi connectivity index (χ0v) is 19.3. The van der Waals surface area contributed by atoms with Crippen molar-refractivity contribution in [3.05, 3.63) is 114 Å². The third kappa shape index (κ3) is 3.52. The molecule has 1 unspecified atom stereocenters. The van der Waals surface area contributed by atoms with E-state index in [0.29, 0.717) is 32.1 Å². The summed E-state index contributed by atoms with van der Waals surface area (Å²) in [5.74, 6) is -0.815. The molecule has 32 heavy (non-hydrogen) atoms.